The number of aromatic nitrogens is 4. The minimum Gasteiger partial charge on any atom is -0.452 e. The Balaban J connectivity index is 1.21. The molecule has 0 fully saturated rings. The van der Waals surface area contributed by atoms with Crippen molar-refractivity contribution in [2.75, 3.05) is 0 Å². The topological polar surface area (TPSA) is 64.7 Å². The van der Waals surface area contributed by atoms with E-state index < -0.39 is 0 Å². The molecular formula is C44H26N4OS. The SMILES string of the molecule is c1ccc(-c2cc(-c3cccc4sc5c(-c6nc(-c7ccccc7)c7oc8ccccc8c7n6)cccc5c34)nc(-c3ccccc3)n2)cc1. The molecule has 0 bridgehead atoms. The normalized spacial score (nSPS) is 11.6. The van der Waals surface area contributed by atoms with Crippen LogP contribution < -0.4 is 0 Å². The molecule has 0 aliphatic rings. The third kappa shape index (κ3) is 4.69. The molecule has 234 valence electrons. The Hall–Kier alpha value is -6.50. The molecule has 0 N–H and O–H groups in total. The zero-order valence-electron chi connectivity index (χ0n) is 26.6. The number of benzene rings is 6. The Labute approximate surface area is 291 Å². The molecule has 0 aliphatic heterocycles. The first kappa shape index (κ1) is 28.5. The number of hydrogen-bond acceptors (Lipinski definition) is 6. The Morgan fingerprint density at radius 1 is 0.460 bits per heavy atom. The van der Waals surface area contributed by atoms with Crippen LogP contribution in [0.15, 0.2) is 162 Å². The second-order valence-electron chi connectivity index (χ2n) is 12.2. The first-order chi connectivity index (χ1) is 24.8. The van der Waals surface area contributed by atoms with Gasteiger partial charge in [0.2, 0.25) is 0 Å². The largest absolute Gasteiger partial charge is 0.452 e. The van der Waals surface area contributed by atoms with Crippen molar-refractivity contribution in [3.8, 4) is 56.5 Å². The Morgan fingerprint density at radius 2 is 1.10 bits per heavy atom. The molecule has 10 rings (SSSR count). The average molecular weight is 659 g/mol. The third-order valence-electron chi connectivity index (χ3n) is 9.13. The zero-order chi connectivity index (χ0) is 33.0. The highest BCUT2D eigenvalue weighted by Crippen LogP contribution is 2.44. The van der Waals surface area contributed by atoms with Crippen LogP contribution in [0.5, 0.6) is 0 Å². The number of hydrogen-bond donors (Lipinski definition) is 0. The van der Waals surface area contributed by atoms with E-state index in [4.69, 9.17) is 24.4 Å². The van der Waals surface area contributed by atoms with E-state index in [9.17, 15) is 0 Å². The highest BCUT2D eigenvalue weighted by atomic mass is 32.1. The first-order valence-electron chi connectivity index (χ1n) is 16.5. The molecule has 0 spiro atoms. The molecular weight excluding hydrogens is 633 g/mol. The number of furan rings is 1. The summed E-state index contributed by atoms with van der Waals surface area (Å²) in [5, 5.41) is 3.27. The van der Waals surface area contributed by atoms with Gasteiger partial charge >= 0.3 is 0 Å². The maximum atomic E-state index is 6.38. The van der Waals surface area contributed by atoms with Crippen LogP contribution in [0, 0.1) is 0 Å². The monoisotopic (exact) mass is 658 g/mol. The predicted molar refractivity (Wildman–Crippen MR) is 205 cm³/mol. The molecule has 50 heavy (non-hydrogen) atoms. The summed E-state index contributed by atoms with van der Waals surface area (Å²) in [5.74, 6) is 1.36. The maximum Gasteiger partial charge on any atom is 0.180 e. The lowest BCUT2D eigenvalue weighted by Crippen LogP contribution is -1.96. The highest BCUT2D eigenvalue weighted by Gasteiger charge is 2.21. The smallest absolute Gasteiger partial charge is 0.180 e. The van der Waals surface area contributed by atoms with Crippen molar-refractivity contribution in [3.63, 3.8) is 0 Å². The van der Waals surface area contributed by atoms with Gasteiger partial charge in [-0.2, -0.15) is 0 Å². The van der Waals surface area contributed by atoms with Gasteiger partial charge in [-0.3, -0.25) is 0 Å². The molecule has 0 amide bonds. The predicted octanol–water partition coefficient (Wildman–Crippen LogP) is 11.9. The van der Waals surface area contributed by atoms with Crippen LogP contribution in [0.1, 0.15) is 0 Å². The van der Waals surface area contributed by atoms with Gasteiger partial charge in [-0.25, -0.2) is 19.9 Å². The van der Waals surface area contributed by atoms with Crippen LogP contribution in [0.3, 0.4) is 0 Å². The molecule has 0 saturated carbocycles. The van der Waals surface area contributed by atoms with E-state index in [0.29, 0.717) is 17.2 Å². The van der Waals surface area contributed by atoms with Crippen LogP contribution in [0.4, 0.5) is 0 Å². The summed E-state index contributed by atoms with van der Waals surface area (Å²) in [7, 11) is 0. The minimum absolute atomic E-state index is 0.668. The lowest BCUT2D eigenvalue weighted by Gasteiger charge is -2.11. The van der Waals surface area contributed by atoms with Gasteiger partial charge in [0, 0.05) is 53.4 Å². The summed E-state index contributed by atoms with van der Waals surface area (Å²) >= 11 is 1.76. The molecule has 10 aromatic rings. The number of nitrogens with zero attached hydrogens (tertiary/aromatic N) is 4. The van der Waals surface area contributed by atoms with Crippen molar-refractivity contribution >= 4 is 53.6 Å². The van der Waals surface area contributed by atoms with E-state index in [2.05, 4.69) is 84.9 Å². The fraction of sp³-hybridized carbons (Fsp3) is 0. The van der Waals surface area contributed by atoms with E-state index in [1.807, 2.05) is 72.8 Å². The molecule has 0 aliphatic carbocycles. The van der Waals surface area contributed by atoms with Crippen molar-refractivity contribution in [1.82, 2.24) is 19.9 Å². The summed E-state index contributed by atoms with van der Waals surface area (Å²) in [6, 6.07) is 53.8. The summed E-state index contributed by atoms with van der Waals surface area (Å²) < 4.78 is 8.67. The van der Waals surface area contributed by atoms with Crippen molar-refractivity contribution in [1.29, 1.82) is 0 Å². The molecule has 0 atom stereocenters. The van der Waals surface area contributed by atoms with Gasteiger partial charge in [0.1, 0.15) is 16.8 Å². The number of rotatable bonds is 5. The lowest BCUT2D eigenvalue weighted by atomic mass is 10.0. The summed E-state index contributed by atoms with van der Waals surface area (Å²) in [5.41, 5.74) is 9.89. The summed E-state index contributed by atoms with van der Waals surface area (Å²) in [4.78, 5) is 20.6. The molecule has 4 heterocycles. The molecule has 6 heteroatoms. The molecule has 6 aromatic carbocycles. The van der Waals surface area contributed by atoms with E-state index in [1.54, 1.807) is 11.3 Å². The van der Waals surface area contributed by atoms with Crippen LogP contribution in [0.25, 0.3) is 98.8 Å². The third-order valence-corrected chi connectivity index (χ3v) is 10.3. The highest BCUT2D eigenvalue weighted by molar-refractivity contribution is 7.26. The van der Waals surface area contributed by atoms with Crippen molar-refractivity contribution < 1.29 is 4.42 Å². The van der Waals surface area contributed by atoms with E-state index >= 15 is 0 Å². The number of thiophene rings is 1. The fourth-order valence-electron chi connectivity index (χ4n) is 6.80. The van der Waals surface area contributed by atoms with Gasteiger partial charge in [-0.15, -0.1) is 11.3 Å². The first-order valence-corrected chi connectivity index (χ1v) is 17.3. The Morgan fingerprint density at radius 3 is 1.90 bits per heavy atom. The van der Waals surface area contributed by atoms with Crippen molar-refractivity contribution in [3.05, 3.63) is 158 Å². The number of para-hydroxylation sites is 1. The van der Waals surface area contributed by atoms with Crippen LogP contribution in [-0.2, 0) is 0 Å². The van der Waals surface area contributed by atoms with Crippen LogP contribution in [0.2, 0.25) is 0 Å². The van der Waals surface area contributed by atoms with Gasteiger partial charge in [-0.05, 0) is 30.3 Å². The molecule has 5 nitrogen and oxygen atoms in total. The Bertz CT molecular complexity index is 2810. The van der Waals surface area contributed by atoms with Crippen LogP contribution in [-0.4, -0.2) is 19.9 Å². The molecule has 0 unspecified atom stereocenters. The molecule has 0 saturated heterocycles. The van der Waals surface area contributed by atoms with E-state index in [1.165, 1.54) is 4.70 Å². The van der Waals surface area contributed by atoms with Gasteiger partial charge < -0.3 is 4.42 Å². The molecule has 0 radical (unpaired) electrons. The van der Waals surface area contributed by atoms with E-state index in [0.717, 1.165) is 76.9 Å². The summed E-state index contributed by atoms with van der Waals surface area (Å²) in [6.45, 7) is 0. The summed E-state index contributed by atoms with van der Waals surface area (Å²) in [6.07, 6.45) is 0. The molecule has 4 aromatic heterocycles. The maximum absolute atomic E-state index is 6.38. The quantitative estimate of drug-likeness (QED) is 0.184. The standard InChI is InChI=1S/C44H26N4OS/c1-4-14-27(15-5-1)34-26-35(46-43(45-34)29-18-8-3-9-19-29)30-21-13-25-37-38(30)32-22-12-23-33(42(32)50-37)44-47-39(28-16-6-2-7-17-28)41-40(48-44)31-20-10-11-24-36(31)49-41/h1-26H. The van der Waals surface area contributed by atoms with Gasteiger partial charge in [-0.1, -0.05) is 127 Å². The number of fused-ring (bicyclic) bond motifs is 6. The van der Waals surface area contributed by atoms with Crippen LogP contribution >= 0.6 is 11.3 Å². The van der Waals surface area contributed by atoms with Gasteiger partial charge in [0.15, 0.2) is 17.2 Å². The van der Waals surface area contributed by atoms with Crippen molar-refractivity contribution in [2.24, 2.45) is 0 Å². The Kier molecular flexibility index (Phi) is 6.60. The fourth-order valence-corrected chi connectivity index (χ4v) is 8.04. The van der Waals surface area contributed by atoms with Gasteiger partial charge in [0.25, 0.3) is 0 Å². The van der Waals surface area contributed by atoms with Crippen molar-refractivity contribution in [2.45, 2.75) is 0 Å². The lowest BCUT2D eigenvalue weighted by molar-refractivity contribution is 0.667. The van der Waals surface area contributed by atoms with E-state index in [-0.39, 0.29) is 0 Å². The van der Waals surface area contributed by atoms with Gasteiger partial charge in [0.05, 0.1) is 11.4 Å². The second kappa shape index (κ2) is 11.6. The average Bonchev–Trinajstić information content (AvgIpc) is 3.77. The zero-order valence-corrected chi connectivity index (χ0v) is 27.4. The minimum atomic E-state index is 0.668. The second-order valence-corrected chi connectivity index (χ2v) is 13.2.